The number of benzene rings is 2. The van der Waals surface area contributed by atoms with E-state index in [0.29, 0.717) is 11.3 Å². The van der Waals surface area contributed by atoms with E-state index < -0.39 is 15.4 Å². The predicted octanol–water partition coefficient (Wildman–Crippen LogP) is 6.97. The van der Waals surface area contributed by atoms with Crippen LogP contribution in [0.25, 0.3) is 5.73 Å². The van der Waals surface area contributed by atoms with Crippen LogP contribution in [0.2, 0.25) is 0 Å². The third-order valence-corrected chi connectivity index (χ3v) is 12.0. The van der Waals surface area contributed by atoms with E-state index in [1.165, 1.54) is 44.8 Å². The van der Waals surface area contributed by atoms with Crippen LogP contribution in [0, 0.1) is 34.7 Å². The Morgan fingerprint density at radius 3 is 1.70 bits per heavy atom. The monoisotopic (exact) mass is 632 g/mol. The average Bonchev–Trinajstić information content (AvgIpc) is 3.05. The topological polar surface area (TPSA) is 40.9 Å². The molecule has 3 atom stereocenters. The molecule has 4 bridgehead atoms. The molecule has 0 spiro atoms. The molecule has 2 aromatic rings. The van der Waals surface area contributed by atoms with E-state index in [1.54, 1.807) is 0 Å². The van der Waals surface area contributed by atoms with Gasteiger partial charge in [-0.1, -0.05) is 33.6 Å². The van der Waals surface area contributed by atoms with Crippen molar-refractivity contribution in [3.05, 3.63) is 89.2 Å². The Balaban J connectivity index is 0.000000156. The van der Waals surface area contributed by atoms with Crippen molar-refractivity contribution < 1.29 is 31.0 Å². The van der Waals surface area contributed by atoms with Gasteiger partial charge in [0.25, 0.3) is 0 Å². The molecule has 1 N–H and O–H groups in total. The third-order valence-electron chi connectivity index (χ3n) is 9.00. The van der Waals surface area contributed by atoms with Gasteiger partial charge >= 0.3 is 111 Å². The number of hydrogen-bond donors (Lipinski definition) is 0. The summed E-state index contributed by atoms with van der Waals surface area (Å²) in [6, 6.07) is 21.5. The SMILES string of the molecule is CC12CC3CC(C1)CC(C([NH-])=O)(C3)C2.CC1=[C-]C(C)C(C)=C1C.[Zr+2].c1cc[c]([GeH][c]2ccccc2)cc1. The van der Waals surface area contributed by atoms with Gasteiger partial charge < -0.3 is 10.5 Å². The van der Waals surface area contributed by atoms with Crippen molar-refractivity contribution in [2.45, 2.75) is 73.1 Å². The molecule has 193 valence electrons. The zero-order chi connectivity index (χ0) is 25.9. The number of carbonyl (C=O) groups is 1. The van der Waals surface area contributed by atoms with E-state index in [1.807, 2.05) is 0 Å². The molecule has 2 nitrogen and oxygen atoms in total. The minimum atomic E-state index is -0.392. The van der Waals surface area contributed by atoms with Crippen LogP contribution in [0.15, 0.2) is 77.4 Å². The molecule has 1 radical (unpaired) electrons. The molecule has 0 saturated heterocycles. The first kappa shape index (κ1) is 30.4. The van der Waals surface area contributed by atoms with Crippen LogP contribution >= 0.6 is 0 Å². The molecule has 1 amide bonds. The van der Waals surface area contributed by atoms with Crippen LogP contribution in [-0.4, -0.2) is 21.3 Å². The van der Waals surface area contributed by atoms with Crippen LogP contribution in [0.5, 0.6) is 0 Å². The summed E-state index contributed by atoms with van der Waals surface area (Å²) >= 11 is -0.392. The van der Waals surface area contributed by atoms with E-state index in [2.05, 4.69) is 101 Å². The van der Waals surface area contributed by atoms with E-state index in [0.717, 1.165) is 31.1 Å². The van der Waals surface area contributed by atoms with Gasteiger partial charge in [0.2, 0.25) is 0 Å². The molecule has 0 aromatic heterocycles. The fraction of sp³-hybridized carbons (Fsp3) is 0.485. The average molecular weight is 633 g/mol. The van der Waals surface area contributed by atoms with Crippen LogP contribution in [-0.2, 0) is 31.0 Å². The number of rotatable bonds is 3. The van der Waals surface area contributed by atoms with E-state index in [4.69, 9.17) is 5.73 Å². The number of allylic oxidation sites excluding steroid dienone is 4. The predicted molar refractivity (Wildman–Crippen MR) is 154 cm³/mol. The second kappa shape index (κ2) is 12.8. The first-order valence-corrected chi connectivity index (χ1v) is 16.0. The third kappa shape index (κ3) is 7.48. The normalized spacial score (nSPS) is 30.8. The maximum atomic E-state index is 11.5. The summed E-state index contributed by atoms with van der Waals surface area (Å²) in [5, 5.41) is 0. The van der Waals surface area contributed by atoms with E-state index in [9.17, 15) is 4.79 Å². The molecule has 7 rings (SSSR count). The number of amides is 1. The molecular weight excluding hydrogens is 590 g/mol. The van der Waals surface area contributed by atoms with Crippen LogP contribution in [0.4, 0.5) is 0 Å². The summed E-state index contributed by atoms with van der Waals surface area (Å²) < 4.78 is 3.05. The summed E-state index contributed by atoms with van der Waals surface area (Å²) in [6.07, 6.45) is 10.4. The fourth-order valence-electron chi connectivity index (χ4n) is 7.44. The van der Waals surface area contributed by atoms with Gasteiger partial charge in [0.1, 0.15) is 0 Å². The Morgan fingerprint density at radius 2 is 1.38 bits per heavy atom. The van der Waals surface area contributed by atoms with Gasteiger partial charge in [-0.25, -0.2) is 5.57 Å². The standard InChI is InChI=1S/C12H11Ge.C12H19NO.C9H13.Zr/c1-3-7-11(8-4-1)13-12-9-5-2-6-10-12;1-11-3-8-2-9(4-11)6-12(5-8,7-11)10(13)14;1-6-5-7(2)9(4)8(6)3;/h1-10,13H;8-9H,2-7H2,1H3,(H2,13,14);6H,1-4H3;/q;;-1;+2/p-1. The van der Waals surface area contributed by atoms with Crippen molar-refractivity contribution >= 4 is 30.1 Å². The summed E-state index contributed by atoms with van der Waals surface area (Å²) in [5.74, 6) is 1.81. The van der Waals surface area contributed by atoms with Crippen molar-refractivity contribution in [3.8, 4) is 0 Å². The molecule has 3 unspecified atom stereocenters. The van der Waals surface area contributed by atoms with Crippen molar-refractivity contribution in [1.29, 1.82) is 0 Å². The second-order valence-corrected chi connectivity index (χ2v) is 15.5. The Hall–Kier alpha value is -1.18. The number of carbonyl (C=O) groups excluding carboxylic acids is 1. The number of hydrogen-bond acceptors (Lipinski definition) is 1. The van der Waals surface area contributed by atoms with Crippen molar-refractivity contribution in [2.24, 2.45) is 28.6 Å². The molecule has 0 heterocycles. The second-order valence-electron chi connectivity index (χ2n) is 12.1. The molecule has 2 aromatic carbocycles. The molecule has 4 saturated carbocycles. The Bertz CT molecular complexity index is 1070. The molecular formula is C33H42GeNOZr. The molecule has 37 heavy (non-hydrogen) atoms. The molecule has 5 aliphatic carbocycles. The minimum absolute atomic E-state index is 0. The first-order valence-electron chi connectivity index (χ1n) is 13.6. The molecule has 5 aliphatic rings. The van der Waals surface area contributed by atoms with Gasteiger partial charge in [-0.05, 0) is 55.8 Å². The van der Waals surface area contributed by atoms with Gasteiger partial charge in [0.05, 0.1) is 5.91 Å². The van der Waals surface area contributed by atoms with Gasteiger partial charge in [0.15, 0.2) is 0 Å². The molecule has 0 aliphatic heterocycles. The van der Waals surface area contributed by atoms with E-state index >= 15 is 0 Å². The van der Waals surface area contributed by atoms with Crippen molar-refractivity contribution in [2.75, 3.05) is 0 Å². The Morgan fingerprint density at radius 1 is 0.892 bits per heavy atom. The Kier molecular flexibility index (Phi) is 10.5. The molecule has 4 heteroatoms. The Labute approximate surface area is 250 Å². The first-order chi connectivity index (χ1) is 17.1. The zero-order valence-corrected chi connectivity index (χ0v) is 28.1. The zero-order valence-electron chi connectivity index (χ0n) is 23.2. The van der Waals surface area contributed by atoms with Crippen molar-refractivity contribution in [3.63, 3.8) is 0 Å². The van der Waals surface area contributed by atoms with Crippen LogP contribution in [0.1, 0.15) is 73.1 Å². The maximum absolute atomic E-state index is 11.5. The summed E-state index contributed by atoms with van der Waals surface area (Å²) in [5.41, 5.74) is 11.9. The van der Waals surface area contributed by atoms with Gasteiger partial charge in [-0.2, -0.15) is 11.1 Å². The van der Waals surface area contributed by atoms with E-state index in [-0.39, 0.29) is 37.5 Å². The molecule has 4 fully saturated rings. The summed E-state index contributed by atoms with van der Waals surface area (Å²) in [7, 11) is 0. The van der Waals surface area contributed by atoms with Crippen molar-refractivity contribution in [1.82, 2.24) is 0 Å². The van der Waals surface area contributed by atoms with Crippen LogP contribution in [0.3, 0.4) is 0 Å². The van der Waals surface area contributed by atoms with Gasteiger partial charge in [0, 0.05) is 5.41 Å². The van der Waals surface area contributed by atoms with Gasteiger partial charge in [-0.3, -0.25) is 6.08 Å². The summed E-state index contributed by atoms with van der Waals surface area (Å²) in [4.78, 5) is 11.5. The van der Waals surface area contributed by atoms with Crippen LogP contribution < -0.4 is 8.79 Å². The fourth-order valence-corrected chi connectivity index (χ4v) is 9.99. The summed E-state index contributed by atoms with van der Waals surface area (Å²) in [6.45, 7) is 11.0. The quantitative estimate of drug-likeness (QED) is 0.267. The number of nitrogens with one attached hydrogen (secondary N) is 1. The van der Waals surface area contributed by atoms with Gasteiger partial charge in [-0.15, -0.1) is 6.92 Å².